The molecule has 0 atom stereocenters. The highest BCUT2D eigenvalue weighted by molar-refractivity contribution is 8.18. The van der Waals surface area contributed by atoms with Crippen molar-refractivity contribution in [3.8, 4) is 11.1 Å². The fraction of sp³-hybridized carbons (Fsp3) is 0.0769. The van der Waals surface area contributed by atoms with Gasteiger partial charge in [0.15, 0.2) is 10.9 Å². The van der Waals surface area contributed by atoms with Crippen LogP contribution < -0.4 is 5.32 Å². The van der Waals surface area contributed by atoms with Crippen molar-refractivity contribution in [2.75, 3.05) is 6.61 Å². The van der Waals surface area contributed by atoms with Crippen molar-refractivity contribution in [3.63, 3.8) is 0 Å². The number of nitrogens with one attached hydrogen (secondary N) is 1. The molecule has 1 heterocycles. The van der Waals surface area contributed by atoms with Crippen LogP contribution in [0.5, 0.6) is 0 Å². The Balaban J connectivity index is 1.46. The van der Waals surface area contributed by atoms with Gasteiger partial charge in [-0.3, -0.25) is 4.79 Å². The van der Waals surface area contributed by atoms with E-state index in [-0.39, 0.29) is 18.2 Å². The number of hydrogen-bond acceptors (Lipinski definition) is 7. The molecule has 0 unspecified atom stereocenters. The monoisotopic (exact) mass is 471 g/mol. The lowest BCUT2D eigenvalue weighted by molar-refractivity contribution is -0.135. The van der Waals surface area contributed by atoms with Crippen LogP contribution in [0, 0.1) is 0 Å². The van der Waals surface area contributed by atoms with Crippen LogP contribution in [-0.2, 0) is 14.3 Å². The van der Waals surface area contributed by atoms with Crippen LogP contribution in [0.25, 0.3) is 17.2 Å². The van der Waals surface area contributed by atoms with E-state index < -0.39 is 5.97 Å². The van der Waals surface area contributed by atoms with Crippen LogP contribution >= 0.6 is 11.8 Å². The molecular weight excluding hydrogens is 450 g/mol. The lowest BCUT2D eigenvalue weighted by atomic mass is 10.0. The Hall–Kier alpha value is -4.17. The molecule has 1 saturated heterocycles. The Morgan fingerprint density at radius 3 is 2.32 bits per heavy atom. The Kier molecular flexibility index (Phi) is 7.19. The molecule has 8 heteroatoms. The van der Waals surface area contributed by atoms with Gasteiger partial charge in [0.1, 0.15) is 0 Å². The highest BCUT2D eigenvalue weighted by Crippen LogP contribution is 2.29. The van der Waals surface area contributed by atoms with Gasteiger partial charge >= 0.3 is 5.97 Å². The molecule has 170 valence electrons. The minimum Gasteiger partial charge on any atom is -0.461 e. The molecule has 0 saturated carbocycles. The van der Waals surface area contributed by atoms with Crippen molar-refractivity contribution < 1.29 is 19.5 Å². The molecule has 1 fully saturated rings. The number of nitrogens with zero attached hydrogens (tertiary/aromatic N) is 2. The summed E-state index contributed by atoms with van der Waals surface area (Å²) in [4.78, 5) is 29.3. The number of aliphatic imine (C=N–C) groups is 1. The molecule has 1 aliphatic rings. The molecular formula is C26H21N3O4S. The third-order valence-electron chi connectivity index (χ3n) is 4.91. The van der Waals surface area contributed by atoms with Crippen molar-refractivity contribution >= 4 is 46.3 Å². The summed E-state index contributed by atoms with van der Waals surface area (Å²) < 4.78 is 4.87. The second-order valence-corrected chi connectivity index (χ2v) is 8.22. The maximum Gasteiger partial charge on any atom is 0.361 e. The molecule has 7 nitrogen and oxygen atoms in total. The fourth-order valence-electron chi connectivity index (χ4n) is 3.26. The minimum atomic E-state index is -0.714. The van der Waals surface area contributed by atoms with Gasteiger partial charge in [-0.1, -0.05) is 71.9 Å². The van der Waals surface area contributed by atoms with Gasteiger partial charge in [-0.05, 0) is 53.6 Å². The van der Waals surface area contributed by atoms with Crippen LogP contribution in [0.2, 0.25) is 0 Å². The van der Waals surface area contributed by atoms with Gasteiger partial charge in [-0.25, -0.2) is 9.79 Å². The number of esters is 1. The molecule has 1 amide bonds. The number of ether oxygens (including phenoxy) is 1. The normalized spacial score (nSPS) is 16.0. The Morgan fingerprint density at radius 1 is 1.00 bits per heavy atom. The molecule has 34 heavy (non-hydrogen) atoms. The van der Waals surface area contributed by atoms with E-state index in [1.807, 2.05) is 48.5 Å². The molecule has 3 aromatic carbocycles. The summed E-state index contributed by atoms with van der Waals surface area (Å²) in [6.07, 6.45) is 1.82. The van der Waals surface area contributed by atoms with Crippen LogP contribution in [0.15, 0.2) is 93.9 Å². The molecule has 0 bridgehead atoms. The molecule has 4 rings (SSSR count). The summed E-state index contributed by atoms with van der Waals surface area (Å²) in [5.41, 5.74) is 3.93. The summed E-state index contributed by atoms with van der Waals surface area (Å²) >= 11 is 1.25. The molecule has 0 aliphatic carbocycles. The first-order valence-electron chi connectivity index (χ1n) is 10.5. The predicted molar refractivity (Wildman–Crippen MR) is 134 cm³/mol. The molecule has 0 aromatic heterocycles. The van der Waals surface area contributed by atoms with E-state index in [2.05, 4.69) is 27.6 Å². The summed E-state index contributed by atoms with van der Waals surface area (Å²) in [6, 6.07) is 24.6. The van der Waals surface area contributed by atoms with Crippen LogP contribution in [0.4, 0.5) is 5.69 Å². The van der Waals surface area contributed by atoms with Gasteiger partial charge in [0.05, 0.1) is 17.2 Å². The number of amidine groups is 1. The highest BCUT2D eigenvalue weighted by atomic mass is 32.2. The van der Waals surface area contributed by atoms with E-state index in [1.54, 1.807) is 31.2 Å². The minimum absolute atomic E-state index is 0.174. The zero-order valence-electron chi connectivity index (χ0n) is 18.3. The van der Waals surface area contributed by atoms with E-state index in [0.29, 0.717) is 21.3 Å². The number of hydrogen-bond donors (Lipinski definition) is 2. The first kappa shape index (κ1) is 23.0. The Labute approximate surface area is 200 Å². The Bertz CT molecular complexity index is 1280. The number of carbonyl (C=O) groups is 2. The van der Waals surface area contributed by atoms with Gasteiger partial charge in [0.25, 0.3) is 5.91 Å². The van der Waals surface area contributed by atoms with E-state index >= 15 is 0 Å². The second kappa shape index (κ2) is 10.6. The zero-order valence-corrected chi connectivity index (χ0v) is 19.1. The number of rotatable bonds is 6. The first-order valence-corrected chi connectivity index (χ1v) is 11.3. The zero-order chi connectivity index (χ0) is 23.9. The fourth-order valence-corrected chi connectivity index (χ4v) is 4.10. The molecule has 0 spiro atoms. The van der Waals surface area contributed by atoms with E-state index in [0.717, 1.165) is 16.7 Å². The van der Waals surface area contributed by atoms with Gasteiger partial charge < -0.3 is 15.3 Å². The quantitative estimate of drug-likeness (QED) is 0.174. The average Bonchev–Trinajstić information content (AvgIpc) is 3.20. The highest BCUT2D eigenvalue weighted by Gasteiger charge is 2.24. The largest absolute Gasteiger partial charge is 0.461 e. The smallest absolute Gasteiger partial charge is 0.361 e. The molecule has 0 radical (unpaired) electrons. The maximum atomic E-state index is 12.4. The number of benzene rings is 3. The predicted octanol–water partition coefficient (Wildman–Crippen LogP) is 4.99. The maximum absolute atomic E-state index is 12.4. The lowest BCUT2D eigenvalue weighted by Gasteiger charge is -2.04. The number of thioether (sulfide) groups is 1. The topological polar surface area (TPSA) is 100 Å². The van der Waals surface area contributed by atoms with Crippen LogP contribution in [0.1, 0.15) is 18.1 Å². The van der Waals surface area contributed by atoms with E-state index in [4.69, 9.17) is 9.94 Å². The SMILES string of the molecule is CCOC(=O)C(=NO)c1ccc(N=C2NC(=O)C(=Cc3ccc(-c4ccccc4)cc3)S2)cc1. The van der Waals surface area contributed by atoms with Gasteiger partial charge in [-0.2, -0.15) is 0 Å². The number of carbonyl (C=O) groups excluding carboxylic acids is 2. The molecule has 1 aliphatic heterocycles. The van der Waals surface area contributed by atoms with Gasteiger partial charge in [0, 0.05) is 5.56 Å². The third-order valence-corrected chi connectivity index (χ3v) is 5.82. The van der Waals surface area contributed by atoms with Crippen molar-refractivity contribution in [1.29, 1.82) is 0 Å². The van der Waals surface area contributed by atoms with E-state index in [9.17, 15) is 9.59 Å². The number of oxime groups is 1. The van der Waals surface area contributed by atoms with Gasteiger partial charge in [0.2, 0.25) is 0 Å². The summed E-state index contributed by atoms with van der Waals surface area (Å²) in [5.74, 6) is -0.932. The standard InChI is InChI=1S/C26H21N3O4S/c1-2-33-25(31)23(29-32)20-12-14-21(15-13-20)27-26-28-24(30)22(34-26)16-17-8-10-19(11-9-17)18-6-4-3-5-7-18/h3-16,32H,2H2,1H3,(H,27,28,30). The Morgan fingerprint density at radius 2 is 1.68 bits per heavy atom. The van der Waals surface area contributed by atoms with Crippen LogP contribution in [0.3, 0.4) is 0 Å². The van der Waals surface area contributed by atoms with Crippen LogP contribution in [-0.4, -0.2) is 34.6 Å². The van der Waals surface area contributed by atoms with Crippen molar-refractivity contribution in [2.24, 2.45) is 10.1 Å². The van der Waals surface area contributed by atoms with Gasteiger partial charge in [-0.15, -0.1) is 0 Å². The molecule has 3 aromatic rings. The summed E-state index contributed by atoms with van der Waals surface area (Å²) in [6.45, 7) is 1.84. The van der Waals surface area contributed by atoms with Crippen molar-refractivity contribution in [2.45, 2.75) is 6.92 Å². The second-order valence-electron chi connectivity index (χ2n) is 7.19. The number of amides is 1. The third kappa shape index (κ3) is 5.41. The van der Waals surface area contributed by atoms with E-state index in [1.165, 1.54) is 11.8 Å². The van der Waals surface area contributed by atoms with Crippen molar-refractivity contribution in [3.05, 3.63) is 94.9 Å². The van der Waals surface area contributed by atoms with Crippen molar-refractivity contribution in [1.82, 2.24) is 5.32 Å². The summed E-state index contributed by atoms with van der Waals surface area (Å²) in [7, 11) is 0. The average molecular weight is 472 g/mol. The lowest BCUT2D eigenvalue weighted by Crippen LogP contribution is -2.19. The summed E-state index contributed by atoms with van der Waals surface area (Å²) in [5, 5.41) is 15.4. The first-order chi connectivity index (χ1) is 16.6. The molecule has 2 N–H and O–H groups in total.